The van der Waals surface area contributed by atoms with Crippen molar-refractivity contribution >= 4 is 38.7 Å². The summed E-state index contributed by atoms with van der Waals surface area (Å²) in [5.41, 5.74) is 1.26. The molecule has 0 saturated heterocycles. The molecule has 3 aromatic rings. The molecule has 0 aromatic carbocycles. The molecule has 6 heteroatoms. The van der Waals surface area contributed by atoms with Crippen molar-refractivity contribution < 1.29 is 0 Å². The van der Waals surface area contributed by atoms with Crippen LogP contribution < -0.4 is 5.32 Å². The molecule has 0 aliphatic heterocycles. The minimum atomic E-state index is 0.145. The molecule has 0 amide bonds. The molecule has 0 aliphatic rings. The van der Waals surface area contributed by atoms with Gasteiger partial charge in [0.15, 0.2) is 0 Å². The second-order valence-electron chi connectivity index (χ2n) is 4.86. The molecule has 3 heterocycles. The van der Waals surface area contributed by atoms with Gasteiger partial charge in [-0.25, -0.2) is 15.0 Å². The van der Waals surface area contributed by atoms with Gasteiger partial charge in [0.2, 0.25) is 0 Å². The van der Waals surface area contributed by atoms with E-state index in [1.54, 1.807) is 29.0 Å². The highest BCUT2D eigenvalue weighted by atomic mass is 32.1. The van der Waals surface area contributed by atoms with Crippen LogP contribution in [0.5, 0.6) is 0 Å². The van der Waals surface area contributed by atoms with Crippen LogP contribution in [0.1, 0.15) is 33.3 Å². The SMILES string of the molecule is Cc1cnc(C(C)Nc2ncnc3sc(C)c(C)c23)s1. The Morgan fingerprint density at radius 3 is 2.60 bits per heavy atom. The second-order valence-corrected chi connectivity index (χ2v) is 7.33. The third-order valence-corrected chi connectivity index (χ3v) is 5.54. The monoisotopic (exact) mass is 304 g/mol. The Kier molecular flexibility index (Phi) is 3.43. The number of aryl methyl sites for hydroxylation is 3. The van der Waals surface area contributed by atoms with E-state index in [0.29, 0.717) is 0 Å². The number of aromatic nitrogens is 3. The summed E-state index contributed by atoms with van der Waals surface area (Å²) in [6.07, 6.45) is 3.54. The van der Waals surface area contributed by atoms with Crippen LogP contribution in [0.3, 0.4) is 0 Å². The first-order valence-electron chi connectivity index (χ1n) is 6.46. The zero-order chi connectivity index (χ0) is 14.3. The Labute approximate surface area is 125 Å². The highest BCUT2D eigenvalue weighted by Gasteiger charge is 2.15. The van der Waals surface area contributed by atoms with Gasteiger partial charge in [-0.1, -0.05) is 0 Å². The maximum absolute atomic E-state index is 4.43. The molecule has 0 saturated carbocycles. The number of nitrogens with zero attached hydrogens (tertiary/aromatic N) is 3. The van der Waals surface area contributed by atoms with Crippen molar-refractivity contribution in [1.29, 1.82) is 0 Å². The van der Waals surface area contributed by atoms with Crippen LogP contribution in [0.25, 0.3) is 10.2 Å². The average molecular weight is 304 g/mol. The lowest BCUT2D eigenvalue weighted by molar-refractivity contribution is 0.862. The van der Waals surface area contributed by atoms with Crippen LogP contribution >= 0.6 is 22.7 Å². The molecule has 1 unspecified atom stereocenters. The zero-order valence-electron chi connectivity index (χ0n) is 11.9. The molecule has 3 aromatic heterocycles. The number of hydrogen-bond acceptors (Lipinski definition) is 6. The largest absolute Gasteiger partial charge is 0.360 e. The first-order chi connectivity index (χ1) is 9.56. The summed E-state index contributed by atoms with van der Waals surface area (Å²) in [4.78, 5) is 16.8. The Morgan fingerprint density at radius 2 is 1.90 bits per heavy atom. The van der Waals surface area contributed by atoms with Crippen molar-refractivity contribution in [1.82, 2.24) is 15.0 Å². The second kappa shape index (κ2) is 5.10. The van der Waals surface area contributed by atoms with E-state index in [0.717, 1.165) is 21.0 Å². The van der Waals surface area contributed by atoms with E-state index in [2.05, 4.69) is 48.0 Å². The maximum Gasteiger partial charge on any atom is 0.139 e. The molecule has 1 N–H and O–H groups in total. The fourth-order valence-corrected chi connectivity index (χ4v) is 3.90. The van der Waals surface area contributed by atoms with Gasteiger partial charge in [0, 0.05) is 16.0 Å². The Hall–Kier alpha value is -1.53. The van der Waals surface area contributed by atoms with E-state index >= 15 is 0 Å². The molecule has 0 radical (unpaired) electrons. The topological polar surface area (TPSA) is 50.7 Å². The smallest absolute Gasteiger partial charge is 0.139 e. The van der Waals surface area contributed by atoms with E-state index < -0.39 is 0 Å². The lowest BCUT2D eigenvalue weighted by Gasteiger charge is -2.12. The molecule has 4 nitrogen and oxygen atoms in total. The number of hydrogen-bond donors (Lipinski definition) is 1. The van der Waals surface area contributed by atoms with E-state index in [1.807, 2.05) is 6.20 Å². The minimum Gasteiger partial charge on any atom is -0.360 e. The van der Waals surface area contributed by atoms with Gasteiger partial charge >= 0.3 is 0 Å². The molecule has 0 bridgehead atoms. The van der Waals surface area contributed by atoms with Gasteiger partial charge < -0.3 is 5.32 Å². The van der Waals surface area contributed by atoms with Crippen molar-refractivity contribution in [2.24, 2.45) is 0 Å². The fraction of sp³-hybridized carbons (Fsp3) is 0.357. The first kappa shape index (κ1) is 13.5. The maximum atomic E-state index is 4.43. The zero-order valence-corrected chi connectivity index (χ0v) is 13.5. The molecule has 0 fully saturated rings. The third kappa shape index (κ3) is 2.29. The molecular weight excluding hydrogens is 288 g/mol. The van der Waals surface area contributed by atoms with Crippen molar-refractivity contribution in [2.75, 3.05) is 5.32 Å². The van der Waals surface area contributed by atoms with Crippen LogP contribution in [0.15, 0.2) is 12.5 Å². The summed E-state index contributed by atoms with van der Waals surface area (Å²) < 4.78 is 0. The number of thiophene rings is 1. The number of nitrogens with one attached hydrogen (secondary N) is 1. The summed E-state index contributed by atoms with van der Waals surface area (Å²) in [6, 6.07) is 0.145. The van der Waals surface area contributed by atoms with Gasteiger partial charge in [0.25, 0.3) is 0 Å². The predicted octanol–water partition coefficient (Wildman–Crippen LogP) is 4.25. The minimum absolute atomic E-state index is 0.145. The number of anilines is 1. The molecule has 104 valence electrons. The van der Waals surface area contributed by atoms with Crippen molar-refractivity contribution in [3.05, 3.63) is 32.8 Å². The molecule has 0 spiro atoms. The van der Waals surface area contributed by atoms with Gasteiger partial charge in [-0.3, -0.25) is 0 Å². The normalized spacial score (nSPS) is 12.8. The van der Waals surface area contributed by atoms with Gasteiger partial charge in [-0.05, 0) is 33.3 Å². The third-order valence-electron chi connectivity index (χ3n) is 3.33. The van der Waals surface area contributed by atoms with Crippen LogP contribution in [0.2, 0.25) is 0 Å². The van der Waals surface area contributed by atoms with Gasteiger partial charge in [-0.2, -0.15) is 0 Å². The lowest BCUT2D eigenvalue weighted by Crippen LogP contribution is -2.08. The predicted molar refractivity (Wildman–Crippen MR) is 85.8 cm³/mol. The average Bonchev–Trinajstić information content (AvgIpc) is 2.96. The van der Waals surface area contributed by atoms with E-state index in [1.165, 1.54) is 15.3 Å². The molecular formula is C14H16N4S2. The number of fused-ring (bicyclic) bond motifs is 1. The molecule has 0 aliphatic carbocycles. The summed E-state index contributed by atoms with van der Waals surface area (Å²) in [6.45, 7) is 8.43. The van der Waals surface area contributed by atoms with Crippen LogP contribution in [-0.4, -0.2) is 15.0 Å². The molecule has 20 heavy (non-hydrogen) atoms. The van der Waals surface area contributed by atoms with E-state index in [-0.39, 0.29) is 6.04 Å². The standard InChI is InChI=1S/C14H16N4S2/c1-7-5-15-13(19-7)9(3)18-12-11-8(2)10(4)20-14(11)17-6-16-12/h5-6,9H,1-4H3,(H,16,17,18). The van der Waals surface area contributed by atoms with Gasteiger partial charge in [0.1, 0.15) is 22.0 Å². The summed E-state index contributed by atoms with van der Waals surface area (Å²) in [5.74, 6) is 0.900. The van der Waals surface area contributed by atoms with Crippen molar-refractivity contribution in [3.63, 3.8) is 0 Å². The van der Waals surface area contributed by atoms with Crippen LogP contribution in [-0.2, 0) is 0 Å². The fourth-order valence-electron chi connectivity index (χ4n) is 2.13. The van der Waals surface area contributed by atoms with Crippen LogP contribution in [0.4, 0.5) is 5.82 Å². The summed E-state index contributed by atoms with van der Waals surface area (Å²) in [5, 5.41) is 5.69. The van der Waals surface area contributed by atoms with Crippen molar-refractivity contribution in [2.45, 2.75) is 33.7 Å². The van der Waals surface area contributed by atoms with Crippen LogP contribution in [0, 0.1) is 20.8 Å². The lowest BCUT2D eigenvalue weighted by atomic mass is 10.2. The van der Waals surface area contributed by atoms with E-state index in [9.17, 15) is 0 Å². The number of thiazole rings is 1. The Bertz CT molecular complexity index is 760. The number of rotatable bonds is 3. The van der Waals surface area contributed by atoms with Gasteiger partial charge in [0.05, 0.1) is 11.4 Å². The van der Waals surface area contributed by atoms with Crippen molar-refractivity contribution in [3.8, 4) is 0 Å². The first-order valence-corrected chi connectivity index (χ1v) is 8.09. The Morgan fingerprint density at radius 1 is 1.10 bits per heavy atom. The van der Waals surface area contributed by atoms with Gasteiger partial charge in [-0.15, -0.1) is 22.7 Å². The molecule has 3 rings (SSSR count). The highest BCUT2D eigenvalue weighted by molar-refractivity contribution is 7.18. The highest BCUT2D eigenvalue weighted by Crippen LogP contribution is 2.34. The quantitative estimate of drug-likeness (QED) is 0.786. The Balaban J connectivity index is 1.98. The summed E-state index contributed by atoms with van der Waals surface area (Å²) >= 11 is 3.43. The summed E-state index contributed by atoms with van der Waals surface area (Å²) in [7, 11) is 0. The molecule has 1 atom stereocenters. The van der Waals surface area contributed by atoms with E-state index in [4.69, 9.17) is 0 Å².